The fourth-order valence-corrected chi connectivity index (χ4v) is 4.05. The van der Waals surface area contributed by atoms with Gasteiger partial charge in [-0.15, -0.1) is 0 Å². The summed E-state index contributed by atoms with van der Waals surface area (Å²) in [5, 5.41) is 10.2. The van der Waals surface area contributed by atoms with Crippen molar-refractivity contribution in [3.8, 4) is 0 Å². The van der Waals surface area contributed by atoms with Gasteiger partial charge in [-0.1, -0.05) is 13.8 Å². The summed E-state index contributed by atoms with van der Waals surface area (Å²) >= 11 is 0. The number of nitrogens with one attached hydrogen (secondary N) is 2. The van der Waals surface area contributed by atoms with Crippen molar-refractivity contribution in [3.05, 3.63) is 17.0 Å². The lowest BCUT2D eigenvalue weighted by Gasteiger charge is -2.22. The minimum atomic E-state index is -3.23. The second-order valence-corrected chi connectivity index (χ2v) is 9.06. The van der Waals surface area contributed by atoms with Crippen LogP contribution in [0.25, 0.3) is 0 Å². The molecule has 8 heteroatoms. The number of hydrogen-bond donors (Lipinski definition) is 2. The first-order valence-electron chi connectivity index (χ1n) is 8.34. The Hall–Kier alpha value is -1.41. The number of carbonyl (C=O) groups excluding carboxylic acids is 1. The third-order valence-corrected chi connectivity index (χ3v) is 6.18. The van der Waals surface area contributed by atoms with Crippen LogP contribution in [0.2, 0.25) is 0 Å². The van der Waals surface area contributed by atoms with Crippen molar-refractivity contribution in [1.29, 1.82) is 0 Å². The Morgan fingerprint density at radius 3 is 2.54 bits per heavy atom. The summed E-state index contributed by atoms with van der Waals surface area (Å²) in [6.45, 7) is 8.89. The van der Waals surface area contributed by atoms with E-state index in [1.54, 1.807) is 0 Å². The van der Waals surface area contributed by atoms with Gasteiger partial charge in [-0.2, -0.15) is 9.40 Å². The molecule has 1 aromatic heterocycles. The second kappa shape index (κ2) is 7.23. The Morgan fingerprint density at radius 1 is 1.38 bits per heavy atom. The zero-order chi connectivity index (χ0) is 18.1. The highest BCUT2D eigenvalue weighted by Crippen LogP contribution is 2.26. The predicted molar refractivity (Wildman–Crippen MR) is 93.1 cm³/mol. The maximum absolute atomic E-state index is 12.3. The van der Waals surface area contributed by atoms with Gasteiger partial charge in [0.1, 0.15) is 0 Å². The van der Waals surface area contributed by atoms with Crippen molar-refractivity contribution in [3.63, 3.8) is 0 Å². The Kier molecular flexibility index (Phi) is 5.70. The molecule has 2 rings (SSSR count). The number of rotatable bonds is 6. The van der Waals surface area contributed by atoms with Crippen molar-refractivity contribution in [1.82, 2.24) is 19.8 Å². The number of sulfonamides is 1. The van der Waals surface area contributed by atoms with Crippen LogP contribution in [0.1, 0.15) is 37.2 Å². The summed E-state index contributed by atoms with van der Waals surface area (Å²) in [7, 11) is -3.23. The molecule has 0 unspecified atom stereocenters. The molecule has 0 aromatic carbocycles. The first-order valence-corrected chi connectivity index (χ1v) is 10.2. The van der Waals surface area contributed by atoms with E-state index in [0.717, 1.165) is 17.0 Å². The Labute approximate surface area is 144 Å². The van der Waals surface area contributed by atoms with Crippen molar-refractivity contribution in [2.24, 2.45) is 11.8 Å². The predicted octanol–water partition coefficient (Wildman–Crippen LogP) is 0.991. The Morgan fingerprint density at radius 2 is 2.04 bits per heavy atom. The van der Waals surface area contributed by atoms with Gasteiger partial charge in [0.2, 0.25) is 15.9 Å². The van der Waals surface area contributed by atoms with E-state index in [1.807, 2.05) is 13.8 Å². The highest BCUT2D eigenvalue weighted by Gasteiger charge is 2.39. The number of H-pyrrole nitrogens is 1. The molecule has 7 nitrogen and oxygen atoms in total. The third-order valence-electron chi connectivity index (χ3n) is 4.95. The number of aryl methyl sites for hydroxylation is 2. The second-order valence-electron chi connectivity index (χ2n) is 7.08. The minimum Gasteiger partial charge on any atom is -0.352 e. The molecule has 1 aliphatic heterocycles. The zero-order valence-electron chi connectivity index (χ0n) is 15.1. The van der Waals surface area contributed by atoms with E-state index in [4.69, 9.17) is 0 Å². The molecule has 1 fully saturated rings. The molecule has 2 N–H and O–H groups in total. The van der Waals surface area contributed by atoms with Crippen LogP contribution >= 0.6 is 0 Å². The van der Waals surface area contributed by atoms with Crippen LogP contribution in [0.3, 0.4) is 0 Å². The van der Waals surface area contributed by atoms with E-state index in [0.29, 0.717) is 31.8 Å². The lowest BCUT2D eigenvalue weighted by Crippen LogP contribution is -2.42. The van der Waals surface area contributed by atoms with Gasteiger partial charge in [0.25, 0.3) is 0 Å². The maximum atomic E-state index is 12.3. The SMILES string of the molecule is Cc1[nH]nc(CCC(=O)N[C@H]2CN(S(C)(=O)=O)C[C@@H]2C(C)C)c1C. The van der Waals surface area contributed by atoms with Crippen LogP contribution in [-0.4, -0.2) is 54.2 Å². The number of hydrogen-bond acceptors (Lipinski definition) is 4. The molecule has 1 amide bonds. The van der Waals surface area contributed by atoms with E-state index in [9.17, 15) is 13.2 Å². The molecule has 136 valence electrons. The van der Waals surface area contributed by atoms with Crippen LogP contribution in [0.15, 0.2) is 0 Å². The van der Waals surface area contributed by atoms with E-state index in [2.05, 4.69) is 29.4 Å². The van der Waals surface area contributed by atoms with Gasteiger partial charge in [0, 0.05) is 37.7 Å². The van der Waals surface area contributed by atoms with E-state index in [-0.39, 0.29) is 17.9 Å². The monoisotopic (exact) mass is 356 g/mol. The third kappa shape index (κ3) is 4.36. The number of carbonyl (C=O) groups is 1. The Balaban J connectivity index is 1.95. The molecule has 1 aromatic rings. The average Bonchev–Trinajstić information content (AvgIpc) is 3.02. The standard InChI is InChI=1S/C16H28N4O3S/c1-10(2)13-8-20(24(5,22)23)9-15(13)17-16(21)7-6-14-11(3)12(4)18-19-14/h10,13,15H,6-9H2,1-5H3,(H,17,21)(H,18,19)/t13-,15+/m1/s1. The summed E-state index contributed by atoms with van der Waals surface area (Å²) < 4.78 is 25.0. The van der Waals surface area contributed by atoms with Gasteiger partial charge in [-0.05, 0) is 31.2 Å². The summed E-state index contributed by atoms with van der Waals surface area (Å²) in [5.74, 6) is 0.386. The lowest BCUT2D eigenvalue weighted by molar-refractivity contribution is -0.122. The van der Waals surface area contributed by atoms with Crippen molar-refractivity contribution in [2.75, 3.05) is 19.3 Å². The molecule has 1 saturated heterocycles. The van der Waals surface area contributed by atoms with E-state index in [1.165, 1.54) is 10.6 Å². The van der Waals surface area contributed by atoms with Gasteiger partial charge >= 0.3 is 0 Å². The molecule has 2 heterocycles. The molecule has 0 radical (unpaired) electrons. The van der Waals surface area contributed by atoms with E-state index < -0.39 is 10.0 Å². The van der Waals surface area contributed by atoms with Gasteiger partial charge in [0.15, 0.2) is 0 Å². The van der Waals surface area contributed by atoms with Gasteiger partial charge in [-0.3, -0.25) is 9.89 Å². The molecule has 24 heavy (non-hydrogen) atoms. The van der Waals surface area contributed by atoms with Gasteiger partial charge < -0.3 is 5.32 Å². The van der Waals surface area contributed by atoms with Crippen molar-refractivity contribution in [2.45, 2.75) is 46.6 Å². The lowest BCUT2D eigenvalue weighted by atomic mass is 9.91. The minimum absolute atomic E-state index is 0.0546. The van der Waals surface area contributed by atoms with Gasteiger partial charge in [-0.25, -0.2) is 8.42 Å². The van der Waals surface area contributed by atoms with Crippen molar-refractivity contribution >= 4 is 15.9 Å². The van der Waals surface area contributed by atoms with Crippen molar-refractivity contribution < 1.29 is 13.2 Å². The molecule has 0 saturated carbocycles. The molecule has 0 aliphatic carbocycles. The zero-order valence-corrected chi connectivity index (χ0v) is 15.9. The fraction of sp³-hybridized carbons (Fsp3) is 0.750. The highest BCUT2D eigenvalue weighted by molar-refractivity contribution is 7.88. The first kappa shape index (κ1) is 18.9. The molecular formula is C16H28N4O3S. The van der Waals surface area contributed by atoms with Crippen LogP contribution in [0.5, 0.6) is 0 Å². The summed E-state index contributed by atoms with van der Waals surface area (Å²) in [6, 6.07) is -0.130. The average molecular weight is 356 g/mol. The highest BCUT2D eigenvalue weighted by atomic mass is 32.2. The smallest absolute Gasteiger partial charge is 0.220 e. The quantitative estimate of drug-likeness (QED) is 0.795. The van der Waals surface area contributed by atoms with E-state index >= 15 is 0 Å². The van der Waals surface area contributed by atoms with Gasteiger partial charge in [0.05, 0.1) is 11.9 Å². The largest absolute Gasteiger partial charge is 0.352 e. The topological polar surface area (TPSA) is 95.2 Å². The molecular weight excluding hydrogens is 328 g/mol. The normalized spacial score (nSPS) is 22.2. The van der Waals surface area contributed by atoms with Crippen LogP contribution < -0.4 is 5.32 Å². The van der Waals surface area contributed by atoms with Crippen LogP contribution in [0, 0.1) is 25.7 Å². The molecule has 0 bridgehead atoms. The summed E-state index contributed by atoms with van der Waals surface area (Å²) in [6.07, 6.45) is 2.15. The summed E-state index contributed by atoms with van der Waals surface area (Å²) in [5.41, 5.74) is 3.02. The van der Waals surface area contributed by atoms with Crippen LogP contribution in [0.4, 0.5) is 0 Å². The fourth-order valence-electron chi connectivity index (χ4n) is 3.18. The number of nitrogens with zero attached hydrogens (tertiary/aromatic N) is 2. The maximum Gasteiger partial charge on any atom is 0.220 e. The first-order chi connectivity index (χ1) is 11.1. The number of amides is 1. The number of aromatic nitrogens is 2. The summed E-state index contributed by atoms with van der Waals surface area (Å²) in [4.78, 5) is 12.3. The molecule has 1 aliphatic rings. The molecule has 2 atom stereocenters. The Bertz CT molecular complexity index is 696. The molecule has 0 spiro atoms. The van der Waals surface area contributed by atoms with Crippen LogP contribution in [-0.2, 0) is 21.2 Å². The number of aromatic amines is 1.